The number of thioether (sulfide) groups is 2. The van der Waals surface area contributed by atoms with Gasteiger partial charge in [0.1, 0.15) is 11.9 Å². The quantitative estimate of drug-likeness (QED) is 0.603. The highest BCUT2D eigenvalue weighted by atomic mass is 32.2. The molecule has 0 amide bonds. The summed E-state index contributed by atoms with van der Waals surface area (Å²) in [4.78, 5) is 15.2. The average molecular weight is 463 g/mol. The molecule has 31 heavy (non-hydrogen) atoms. The Bertz CT molecular complexity index is 1050. The molecule has 6 nitrogen and oxygen atoms in total. The lowest BCUT2D eigenvalue weighted by molar-refractivity contribution is -0.513. The molecular formula is C23H32N3O3S2+. The zero-order valence-electron chi connectivity index (χ0n) is 18.4. The molecule has 0 radical (unpaired) electrons. The van der Waals surface area contributed by atoms with Crippen molar-refractivity contribution in [3.63, 3.8) is 0 Å². The Kier molecular flexibility index (Phi) is 7.85. The van der Waals surface area contributed by atoms with Crippen LogP contribution in [0.15, 0.2) is 32.5 Å². The van der Waals surface area contributed by atoms with E-state index in [0.29, 0.717) is 24.1 Å². The number of allylic oxidation sites excluding steroid dienone is 2. The molecule has 2 saturated heterocycles. The maximum Gasteiger partial charge on any atom is 0.361 e. The zero-order chi connectivity index (χ0) is 21.6. The fraction of sp³-hybridized carbons (Fsp3) is 0.565. The smallest absolute Gasteiger partial charge is 0.361 e. The van der Waals surface area contributed by atoms with E-state index in [-0.39, 0.29) is 11.7 Å². The fourth-order valence-corrected chi connectivity index (χ4v) is 6.40. The van der Waals surface area contributed by atoms with Crippen molar-refractivity contribution in [1.29, 1.82) is 0 Å². The summed E-state index contributed by atoms with van der Waals surface area (Å²) >= 11 is 3.72. The van der Waals surface area contributed by atoms with Crippen molar-refractivity contribution in [3.05, 3.63) is 44.6 Å². The van der Waals surface area contributed by atoms with E-state index in [1.54, 1.807) is 0 Å². The van der Waals surface area contributed by atoms with Crippen molar-refractivity contribution >= 4 is 40.7 Å². The van der Waals surface area contributed by atoms with Gasteiger partial charge in [-0.1, -0.05) is 11.8 Å². The van der Waals surface area contributed by atoms with E-state index in [1.165, 1.54) is 10.1 Å². The fourth-order valence-electron chi connectivity index (χ4n) is 4.22. The van der Waals surface area contributed by atoms with Gasteiger partial charge in [-0.15, -0.1) is 11.8 Å². The van der Waals surface area contributed by atoms with Crippen molar-refractivity contribution in [1.82, 2.24) is 9.47 Å². The Morgan fingerprint density at radius 1 is 1.13 bits per heavy atom. The van der Waals surface area contributed by atoms with Crippen molar-refractivity contribution < 1.29 is 13.7 Å². The molecule has 8 heteroatoms. The normalized spacial score (nSPS) is 23.4. The van der Waals surface area contributed by atoms with E-state index in [0.717, 1.165) is 50.5 Å². The summed E-state index contributed by atoms with van der Waals surface area (Å²) in [6, 6.07) is 0.212. The van der Waals surface area contributed by atoms with Crippen molar-refractivity contribution in [3.8, 4) is 0 Å². The summed E-state index contributed by atoms with van der Waals surface area (Å²) in [5, 5.41) is 3.13. The molecule has 0 atom stereocenters. The molecule has 168 valence electrons. The van der Waals surface area contributed by atoms with E-state index in [4.69, 9.17) is 9.15 Å². The third-order valence-corrected chi connectivity index (χ3v) is 8.08. The number of hydrogen-bond donors (Lipinski definition) is 0. The molecule has 0 spiro atoms. The molecule has 3 aliphatic rings. The van der Waals surface area contributed by atoms with Crippen LogP contribution in [-0.2, 0) is 4.74 Å². The summed E-state index contributed by atoms with van der Waals surface area (Å²) in [5.74, 6) is 2.22. The third kappa shape index (κ3) is 5.23. The molecule has 2 fully saturated rings. The topological polar surface area (TPSA) is 50.6 Å². The summed E-state index contributed by atoms with van der Waals surface area (Å²) < 4.78 is 15.8. The molecule has 0 unspecified atom stereocenters. The standard InChI is InChI=1S/C23H32N3O3S2/c1-3-24-12-16-30-21(24)7-5-6-20-26(18-10-14-28-15-11-18)19(23(27)29-20)8-9-22-25(4-2)13-17-31-22/h5-9,18H,3-4,10-17H2,1-2H3/q+1/b19-8-,22-9-. The van der Waals surface area contributed by atoms with Gasteiger partial charge in [-0.05, 0) is 51.0 Å². The highest BCUT2D eigenvalue weighted by Crippen LogP contribution is 2.27. The predicted molar refractivity (Wildman–Crippen MR) is 130 cm³/mol. The van der Waals surface area contributed by atoms with Crippen LogP contribution in [0.1, 0.15) is 32.7 Å². The van der Waals surface area contributed by atoms with Crippen LogP contribution in [0.5, 0.6) is 0 Å². The second kappa shape index (κ2) is 10.8. The second-order valence-electron chi connectivity index (χ2n) is 7.72. The molecule has 0 N–H and O–H groups in total. The molecule has 4 rings (SSSR count). The van der Waals surface area contributed by atoms with Gasteiger partial charge in [0, 0.05) is 44.2 Å². The minimum absolute atomic E-state index is 0.212. The highest BCUT2D eigenvalue weighted by Gasteiger charge is 2.21. The molecule has 3 aliphatic heterocycles. The van der Waals surface area contributed by atoms with Crippen LogP contribution in [-0.4, -0.2) is 70.0 Å². The first-order valence-corrected chi connectivity index (χ1v) is 13.2. The summed E-state index contributed by atoms with van der Waals surface area (Å²) in [6.07, 6.45) is 11.9. The molecule has 1 aromatic rings. The summed E-state index contributed by atoms with van der Waals surface area (Å²) in [5.41, 5.74) is 0.350. The maximum absolute atomic E-state index is 12.8. The van der Waals surface area contributed by atoms with Crippen molar-refractivity contribution in [2.24, 2.45) is 0 Å². The number of rotatable bonds is 6. The molecular weight excluding hydrogens is 430 g/mol. The third-order valence-electron chi connectivity index (χ3n) is 5.93. The molecule has 0 bridgehead atoms. The highest BCUT2D eigenvalue weighted by molar-refractivity contribution is 8.14. The summed E-state index contributed by atoms with van der Waals surface area (Å²) in [6.45, 7) is 9.92. The Labute approximate surface area is 192 Å². The van der Waals surface area contributed by atoms with Gasteiger partial charge < -0.3 is 18.6 Å². The second-order valence-corrected chi connectivity index (χ2v) is 9.95. The van der Waals surface area contributed by atoms with E-state index in [9.17, 15) is 4.79 Å². The van der Waals surface area contributed by atoms with E-state index >= 15 is 0 Å². The Balaban J connectivity index is 1.74. The minimum Gasteiger partial charge on any atom is -0.405 e. The minimum atomic E-state index is -0.271. The largest absolute Gasteiger partial charge is 0.405 e. The van der Waals surface area contributed by atoms with Crippen LogP contribution >= 0.6 is 23.5 Å². The molecule has 0 aliphatic carbocycles. The number of nitrogens with zero attached hydrogens (tertiary/aromatic N) is 3. The first kappa shape index (κ1) is 22.6. The molecule has 4 heterocycles. The van der Waals surface area contributed by atoms with Crippen LogP contribution in [0.3, 0.4) is 0 Å². The van der Waals surface area contributed by atoms with Crippen molar-refractivity contribution in [2.45, 2.75) is 32.7 Å². The van der Waals surface area contributed by atoms with E-state index in [1.807, 2.05) is 41.8 Å². The molecule has 0 saturated carbocycles. The van der Waals surface area contributed by atoms with Gasteiger partial charge in [0.15, 0.2) is 6.54 Å². The lowest BCUT2D eigenvalue weighted by atomic mass is 10.1. The first-order chi connectivity index (χ1) is 15.2. The van der Waals surface area contributed by atoms with E-state index in [2.05, 4.69) is 40.0 Å². The summed E-state index contributed by atoms with van der Waals surface area (Å²) in [7, 11) is 0. The van der Waals surface area contributed by atoms with Crippen LogP contribution in [0, 0.1) is 0 Å². The van der Waals surface area contributed by atoms with Crippen LogP contribution in [0.4, 0.5) is 0 Å². The Morgan fingerprint density at radius 2 is 1.97 bits per heavy atom. The first-order valence-electron chi connectivity index (χ1n) is 11.2. The number of aromatic nitrogens is 1. The molecule has 1 aromatic heterocycles. The SMILES string of the molecule is CCN1CCS/C1=C\C=c1\c(=O)o/c(=C\C=C\C2=[N+](CC)CCS2)n1C1CCOCC1. The van der Waals surface area contributed by atoms with Gasteiger partial charge >= 0.3 is 5.63 Å². The monoisotopic (exact) mass is 462 g/mol. The number of ether oxygens (including phenoxy) is 1. The van der Waals surface area contributed by atoms with Gasteiger partial charge in [0.25, 0.3) is 0 Å². The van der Waals surface area contributed by atoms with Crippen LogP contribution in [0.2, 0.25) is 0 Å². The lowest BCUT2D eigenvalue weighted by Crippen LogP contribution is -2.37. The average Bonchev–Trinajstić information content (AvgIpc) is 3.51. The van der Waals surface area contributed by atoms with Gasteiger partial charge in [-0.25, -0.2) is 9.37 Å². The maximum atomic E-state index is 12.8. The van der Waals surface area contributed by atoms with Crippen LogP contribution < -0.4 is 16.5 Å². The van der Waals surface area contributed by atoms with Crippen molar-refractivity contribution in [2.75, 3.05) is 50.9 Å². The van der Waals surface area contributed by atoms with Crippen LogP contribution in [0.25, 0.3) is 12.2 Å². The van der Waals surface area contributed by atoms with Gasteiger partial charge in [-0.3, -0.25) is 0 Å². The zero-order valence-corrected chi connectivity index (χ0v) is 20.1. The van der Waals surface area contributed by atoms with Gasteiger partial charge in [-0.2, -0.15) is 0 Å². The predicted octanol–water partition coefficient (Wildman–Crippen LogP) is 2.00. The lowest BCUT2D eigenvalue weighted by Gasteiger charge is -2.23. The Hall–Kier alpha value is -1.64. The molecule has 0 aromatic carbocycles. The number of hydrogen-bond acceptors (Lipinski definition) is 6. The van der Waals surface area contributed by atoms with E-state index < -0.39 is 0 Å². The van der Waals surface area contributed by atoms with Gasteiger partial charge in [0.05, 0.1) is 10.8 Å². The number of oxazole rings is 1. The van der Waals surface area contributed by atoms with Gasteiger partial charge in [0.2, 0.25) is 10.6 Å². The Morgan fingerprint density at radius 3 is 2.74 bits per heavy atom.